The predicted octanol–water partition coefficient (Wildman–Crippen LogP) is 4.51. The molecule has 0 aliphatic heterocycles. The molecule has 0 saturated heterocycles. The second kappa shape index (κ2) is 11.7. The van der Waals surface area contributed by atoms with E-state index in [1.165, 1.54) is 0 Å². The van der Waals surface area contributed by atoms with Gasteiger partial charge in [0.25, 0.3) is 0 Å². The van der Waals surface area contributed by atoms with Crippen LogP contribution < -0.4 is 0 Å². The van der Waals surface area contributed by atoms with Crippen LogP contribution in [0.5, 0.6) is 0 Å². The van der Waals surface area contributed by atoms with E-state index < -0.39 is 35.4 Å². The summed E-state index contributed by atoms with van der Waals surface area (Å²) in [5.74, 6) is 0.0489. The molecule has 8 heteroatoms. The summed E-state index contributed by atoms with van der Waals surface area (Å²) < 4.78 is 54.6. The monoisotopic (exact) mass is 462 g/mol. The normalized spacial score (nSPS) is 17.2. The topological polar surface area (TPSA) is 86.1 Å². The second-order valence-corrected chi connectivity index (χ2v) is 14.8. The van der Waals surface area contributed by atoms with Gasteiger partial charge >= 0.3 is 0 Å². The van der Waals surface area contributed by atoms with Crippen molar-refractivity contribution in [2.45, 2.75) is 108 Å². The molecule has 0 bridgehead atoms. The van der Waals surface area contributed by atoms with Gasteiger partial charge < -0.3 is 4.57 Å². The van der Waals surface area contributed by atoms with Gasteiger partial charge in [-0.15, -0.1) is 0 Å². The molecule has 30 heavy (non-hydrogen) atoms. The molecule has 1 rings (SSSR count). The van der Waals surface area contributed by atoms with Crippen LogP contribution in [0.3, 0.4) is 0 Å². The lowest BCUT2D eigenvalue weighted by Gasteiger charge is -2.30. The molecular weight excluding hydrogens is 420 g/mol. The molecule has 4 atom stereocenters. The molecule has 0 N–H and O–H groups in total. The van der Waals surface area contributed by atoms with Crippen LogP contribution in [-0.4, -0.2) is 47.4 Å². The van der Waals surface area contributed by atoms with E-state index in [2.05, 4.69) is 25.8 Å². The maximum absolute atomic E-state index is 13.4. The van der Waals surface area contributed by atoms with E-state index in [4.69, 9.17) is 0 Å². The van der Waals surface area contributed by atoms with E-state index >= 15 is 0 Å². The lowest BCUT2D eigenvalue weighted by Crippen LogP contribution is -2.39. The summed E-state index contributed by atoms with van der Waals surface area (Å²) in [7, 11) is -6.74. The summed E-state index contributed by atoms with van der Waals surface area (Å²) >= 11 is 0. The van der Waals surface area contributed by atoms with Gasteiger partial charge in [0, 0.05) is 18.9 Å². The number of hydrogen-bond acceptors (Lipinski definition) is 5. The van der Waals surface area contributed by atoms with Crippen LogP contribution in [-0.2, 0) is 26.2 Å². The highest BCUT2D eigenvalue weighted by atomic mass is 32.2. The van der Waals surface area contributed by atoms with E-state index in [0.29, 0.717) is 31.7 Å². The smallest absolute Gasteiger partial charge is 0.157 e. The minimum Gasteiger partial charge on any atom is -0.336 e. The zero-order chi connectivity index (χ0) is 23.1. The average Bonchev–Trinajstić information content (AvgIpc) is 3.16. The Balaban J connectivity index is 3.09. The third-order valence-electron chi connectivity index (χ3n) is 6.13. The highest BCUT2D eigenvalue weighted by Gasteiger charge is 2.38. The molecule has 0 aromatic carbocycles. The Bertz CT molecular complexity index is 815. The molecule has 1 aromatic rings. The van der Waals surface area contributed by atoms with Gasteiger partial charge in [0.2, 0.25) is 0 Å². The number of imidazole rings is 1. The highest BCUT2D eigenvalue weighted by Crippen LogP contribution is 2.30. The van der Waals surface area contributed by atoms with Crippen molar-refractivity contribution in [2.24, 2.45) is 11.8 Å². The van der Waals surface area contributed by atoms with Gasteiger partial charge in [0.05, 0.1) is 27.3 Å². The first-order valence-electron chi connectivity index (χ1n) is 11.2. The molecular formula is C22H42N2O4S2. The van der Waals surface area contributed by atoms with Crippen molar-refractivity contribution in [3.63, 3.8) is 0 Å². The third-order valence-corrected chi connectivity index (χ3v) is 11.6. The standard InChI is InChI=1S/C22H42N2O4S2/c1-8-9-10-21(13-17(2)3)30(27,28)20(7)19(6)14-22(29(25,26)18(4)5)15-24-12-11-23-16-24/h11-12,16-22H,8-10,13-15H2,1-7H3. The fourth-order valence-corrected chi connectivity index (χ4v) is 8.17. The van der Waals surface area contributed by atoms with Gasteiger partial charge in [0.15, 0.2) is 19.7 Å². The molecule has 0 fully saturated rings. The van der Waals surface area contributed by atoms with Gasteiger partial charge in [-0.2, -0.15) is 0 Å². The van der Waals surface area contributed by atoms with Crippen molar-refractivity contribution in [2.75, 3.05) is 0 Å². The molecule has 0 radical (unpaired) electrons. The van der Waals surface area contributed by atoms with Crippen molar-refractivity contribution in [3.05, 3.63) is 18.7 Å². The molecule has 4 unspecified atom stereocenters. The molecule has 6 nitrogen and oxygen atoms in total. The van der Waals surface area contributed by atoms with Gasteiger partial charge in [0.1, 0.15) is 0 Å². The van der Waals surface area contributed by atoms with Gasteiger partial charge in [-0.05, 0) is 51.9 Å². The first kappa shape index (κ1) is 27.1. The number of nitrogens with zero attached hydrogens (tertiary/aromatic N) is 2. The molecule has 0 aliphatic rings. The number of hydrogen-bond donors (Lipinski definition) is 0. The van der Waals surface area contributed by atoms with E-state index in [9.17, 15) is 16.8 Å². The maximum Gasteiger partial charge on any atom is 0.157 e. The summed E-state index contributed by atoms with van der Waals surface area (Å²) in [5, 5.41) is -2.09. The van der Waals surface area contributed by atoms with Crippen LogP contribution in [0.15, 0.2) is 18.7 Å². The van der Waals surface area contributed by atoms with E-state index in [0.717, 1.165) is 12.8 Å². The fraction of sp³-hybridized carbons (Fsp3) is 0.864. The summed E-state index contributed by atoms with van der Waals surface area (Å²) in [6, 6.07) is 0. The van der Waals surface area contributed by atoms with Crippen molar-refractivity contribution >= 4 is 19.7 Å². The summed E-state index contributed by atoms with van der Waals surface area (Å²) in [5.41, 5.74) is 0. The lowest BCUT2D eigenvalue weighted by molar-refractivity contribution is 0.435. The number of aromatic nitrogens is 2. The largest absolute Gasteiger partial charge is 0.336 e. The molecule has 1 heterocycles. The lowest BCUT2D eigenvalue weighted by atomic mass is 10.0. The number of sulfone groups is 2. The van der Waals surface area contributed by atoms with Gasteiger partial charge in [-0.25, -0.2) is 21.8 Å². The summed E-state index contributed by atoms with van der Waals surface area (Å²) in [6.07, 6.45) is 8.49. The zero-order valence-corrected chi connectivity index (χ0v) is 21.4. The van der Waals surface area contributed by atoms with E-state index in [1.54, 1.807) is 44.1 Å². The molecule has 1 aromatic heterocycles. The molecule has 0 aliphatic carbocycles. The van der Waals surface area contributed by atoms with E-state index in [1.807, 2.05) is 6.92 Å². The first-order valence-corrected chi connectivity index (χ1v) is 14.5. The minimum atomic E-state index is -3.39. The Morgan fingerprint density at radius 1 is 0.900 bits per heavy atom. The van der Waals surface area contributed by atoms with Crippen LogP contribution in [0.2, 0.25) is 0 Å². The maximum atomic E-state index is 13.4. The predicted molar refractivity (Wildman–Crippen MR) is 125 cm³/mol. The Morgan fingerprint density at radius 3 is 2.00 bits per heavy atom. The summed E-state index contributed by atoms with van der Waals surface area (Å²) in [4.78, 5) is 4.01. The van der Waals surface area contributed by atoms with Gasteiger partial charge in [-0.1, -0.05) is 40.5 Å². The quantitative estimate of drug-likeness (QED) is 0.406. The van der Waals surface area contributed by atoms with Crippen molar-refractivity contribution in [1.29, 1.82) is 0 Å². The van der Waals surface area contributed by atoms with Gasteiger partial charge in [-0.3, -0.25) is 0 Å². The third kappa shape index (κ3) is 7.36. The Kier molecular flexibility index (Phi) is 10.5. The van der Waals surface area contributed by atoms with Crippen molar-refractivity contribution in [3.8, 4) is 0 Å². The first-order chi connectivity index (χ1) is 13.8. The zero-order valence-electron chi connectivity index (χ0n) is 19.8. The van der Waals surface area contributed by atoms with Crippen LogP contribution in [0, 0.1) is 11.8 Å². The molecule has 176 valence electrons. The van der Waals surface area contributed by atoms with Crippen LogP contribution in [0.25, 0.3) is 0 Å². The van der Waals surface area contributed by atoms with E-state index in [-0.39, 0.29) is 11.2 Å². The molecule has 0 spiro atoms. The van der Waals surface area contributed by atoms with Crippen molar-refractivity contribution in [1.82, 2.24) is 9.55 Å². The second-order valence-electron chi connectivity index (χ2n) is 9.42. The SMILES string of the molecule is CCCCC(CC(C)C)S(=O)(=O)C(C)C(C)CC(Cn1ccnc1)S(=O)(=O)C(C)C. The number of rotatable bonds is 14. The van der Waals surface area contributed by atoms with Crippen LogP contribution in [0.1, 0.15) is 80.6 Å². The van der Waals surface area contributed by atoms with Crippen molar-refractivity contribution < 1.29 is 16.8 Å². The Labute approximate surface area is 184 Å². The van der Waals surface area contributed by atoms with Crippen LogP contribution in [0.4, 0.5) is 0 Å². The number of unbranched alkanes of at least 4 members (excludes halogenated alkanes) is 1. The average molecular weight is 463 g/mol. The minimum absolute atomic E-state index is 0.256. The molecule has 0 amide bonds. The Hall–Kier alpha value is -0.890. The molecule has 0 saturated carbocycles. The fourth-order valence-electron chi connectivity index (χ4n) is 3.93. The highest BCUT2D eigenvalue weighted by molar-refractivity contribution is 7.93. The summed E-state index contributed by atoms with van der Waals surface area (Å²) in [6.45, 7) is 13.5. The van der Waals surface area contributed by atoms with Crippen LogP contribution >= 0.6 is 0 Å². The Morgan fingerprint density at radius 2 is 1.53 bits per heavy atom.